The minimum Gasteiger partial charge on any atom is -0.392 e. The summed E-state index contributed by atoms with van der Waals surface area (Å²) >= 11 is 6.11. The number of anilines is 1. The fraction of sp³-hybridized carbons (Fsp3) is 0.538. The lowest BCUT2D eigenvalue weighted by Gasteiger charge is -2.27. The highest BCUT2D eigenvalue weighted by Gasteiger charge is 2.30. The first kappa shape index (κ1) is 12.7. The molecule has 0 saturated heterocycles. The zero-order chi connectivity index (χ0) is 12.3. The number of hydrogen-bond acceptors (Lipinski definition) is 3. The number of aliphatic hydroxyl groups is 1. The third-order valence-corrected chi connectivity index (χ3v) is 3.44. The summed E-state index contributed by atoms with van der Waals surface area (Å²) < 4.78 is 5.14. The van der Waals surface area contributed by atoms with Crippen molar-refractivity contribution in [2.75, 3.05) is 25.2 Å². The SMILES string of the molecule is COCCN(c1cccc(Cl)c1CO)C1CC1. The molecule has 1 aliphatic rings. The third-order valence-electron chi connectivity index (χ3n) is 3.09. The minimum absolute atomic E-state index is 0.0226. The van der Waals surface area contributed by atoms with Crippen LogP contribution in [0.25, 0.3) is 0 Å². The molecule has 0 spiro atoms. The van der Waals surface area contributed by atoms with Crippen LogP contribution >= 0.6 is 11.6 Å². The number of benzene rings is 1. The summed E-state index contributed by atoms with van der Waals surface area (Å²) in [5, 5.41) is 10.1. The molecule has 4 heteroatoms. The number of halogens is 1. The Morgan fingerprint density at radius 1 is 1.47 bits per heavy atom. The molecule has 1 N–H and O–H groups in total. The molecule has 1 aliphatic carbocycles. The predicted molar refractivity (Wildman–Crippen MR) is 69.6 cm³/mol. The fourth-order valence-electron chi connectivity index (χ4n) is 2.05. The highest BCUT2D eigenvalue weighted by Crippen LogP contribution is 2.35. The summed E-state index contributed by atoms with van der Waals surface area (Å²) in [6, 6.07) is 6.34. The molecule has 0 aliphatic heterocycles. The molecule has 0 amide bonds. The first-order valence-corrected chi connectivity index (χ1v) is 6.29. The summed E-state index contributed by atoms with van der Waals surface area (Å²) in [7, 11) is 1.70. The Labute approximate surface area is 107 Å². The molecule has 3 nitrogen and oxygen atoms in total. The largest absolute Gasteiger partial charge is 0.392 e. The van der Waals surface area contributed by atoms with Gasteiger partial charge in [-0.15, -0.1) is 0 Å². The predicted octanol–water partition coefficient (Wildman–Crippen LogP) is 2.45. The van der Waals surface area contributed by atoms with Gasteiger partial charge in [0.1, 0.15) is 0 Å². The van der Waals surface area contributed by atoms with E-state index in [0.29, 0.717) is 17.7 Å². The van der Waals surface area contributed by atoms with Gasteiger partial charge >= 0.3 is 0 Å². The molecule has 1 fully saturated rings. The third kappa shape index (κ3) is 2.92. The van der Waals surface area contributed by atoms with Crippen molar-refractivity contribution in [3.05, 3.63) is 28.8 Å². The van der Waals surface area contributed by atoms with E-state index in [0.717, 1.165) is 17.8 Å². The van der Waals surface area contributed by atoms with E-state index in [1.807, 2.05) is 18.2 Å². The van der Waals surface area contributed by atoms with Crippen molar-refractivity contribution in [2.45, 2.75) is 25.5 Å². The van der Waals surface area contributed by atoms with Crippen LogP contribution in [0, 0.1) is 0 Å². The molecule has 1 aromatic rings. The summed E-state index contributed by atoms with van der Waals surface area (Å²) in [4.78, 5) is 2.29. The topological polar surface area (TPSA) is 32.7 Å². The second-order valence-electron chi connectivity index (χ2n) is 4.31. The van der Waals surface area contributed by atoms with Crippen LogP contribution in [0.4, 0.5) is 5.69 Å². The number of rotatable bonds is 6. The number of methoxy groups -OCH3 is 1. The fourth-order valence-corrected chi connectivity index (χ4v) is 2.28. The van der Waals surface area contributed by atoms with Gasteiger partial charge in [0.05, 0.1) is 13.2 Å². The molecular weight excluding hydrogens is 238 g/mol. The molecule has 0 radical (unpaired) electrons. The highest BCUT2D eigenvalue weighted by molar-refractivity contribution is 6.31. The first-order chi connectivity index (χ1) is 8.27. The molecule has 0 aromatic heterocycles. The van der Waals surface area contributed by atoms with Gasteiger partial charge in [-0.3, -0.25) is 0 Å². The Kier molecular flexibility index (Phi) is 4.26. The lowest BCUT2D eigenvalue weighted by molar-refractivity contribution is 0.204. The Bertz CT molecular complexity index is 380. The molecule has 0 heterocycles. The maximum Gasteiger partial charge on any atom is 0.0716 e. The number of aliphatic hydroxyl groups excluding tert-OH is 1. The van der Waals surface area contributed by atoms with Gasteiger partial charge in [0.15, 0.2) is 0 Å². The number of nitrogens with zero attached hydrogens (tertiary/aromatic N) is 1. The van der Waals surface area contributed by atoms with Crippen LogP contribution in [-0.4, -0.2) is 31.4 Å². The molecule has 0 atom stereocenters. The van der Waals surface area contributed by atoms with Crippen molar-refractivity contribution in [1.29, 1.82) is 0 Å². The molecular formula is C13H18ClNO2. The second kappa shape index (κ2) is 5.71. The van der Waals surface area contributed by atoms with E-state index in [1.54, 1.807) is 7.11 Å². The lowest BCUT2D eigenvalue weighted by atomic mass is 10.1. The molecule has 0 bridgehead atoms. The Hall–Kier alpha value is -0.770. The van der Waals surface area contributed by atoms with Crippen molar-refractivity contribution in [2.24, 2.45) is 0 Å². The monoisotopic (exact) mass is 255 g/mol. The van der Waals surface area contributed by atoms with E-state index in [2.05, 4.69) is 4.90 Å². The van der Waals surface area contributed by atoms with Gasteiger partial charge in [0, 0.05) is 36.0 Å². The van der Waals surface area contributed by atoms with Crippen molar-refractivity contribution in [3.63, 3.8) is 0 Å². The minimum atomic E-state index is -0.0226. The summed E-state index contributed by atoms with van der Waals surface area (Å²) in [6.45, 7) is 1.51. The smallest absolute Gasteiger partial charge is 0.0716 e. The highest BCUT2D eigenvalue weighted by atomic mass is 35.5. The summed E-state index contributed by atoms with van der Waals surface area (Å²) in [6.07, 6.45) is 2.42. The van der Waals surface area contributed by atoms with Crippen molar-refractivity contribution in [3.8, 4) is 0 Å². The van der Waals surface area contributed by atoms with Crippen LogP contribution in [0.15, 0.2) is 18.2 Å². The molecule has 94 valence electrons. The van der Waals surface area contributed by atoms with E-state index < -0.39 is 0 Å². The van der Waals surface area contributed by atoms with Crippen LogP contribution in [0.2, 0.25) is 5.02 Å². The number of ether oxygens (including phenoxy) is 1. The van der Waals surface area contributed by atoms with Gasteiger partial charge in [0.2, 0.25) is 0 Å². The summed E-state index contributed by atoms with van der Waals surface area (Å²) in [5.74, 6) is 0. The average molecular weight is 256 g/mol. The van der Waals surface area contributed by atoms with Gasteiger partial charge in [-0.1, -0.05) is 17.7 Å². The van der Waals surface area contributed by atoms with Gasteiger partial charge in [-0.25, -0.2) is 0 Å². The van der Waals surface area contributed by atoms with Gasteiger partial charge in [0.25, 0.3) is 0 Å². The van der Waals surface area contributed by atoms with Gasteiger partial charge in [-0.05, 0) is 25.0 Å². The quantitative estimate of drug-likeness (QED) is 0.848. The standard InChI is InChI=1S/C13H18ClNO2/c1-17-8-7-15(10-5-6-10)13-4-2-3-12(14)11(13)9-16/h2-4,10,16H,5-9H2,1H3. The van der Waals surface area contributed by atoms with Crippen molar-refractivity contribution in [1.82, 2.24) is 0 Å². The Morgan fingerprint density at radius 2 is 2.24 bits per heavy atom. The van der Waals surface area contributed by atoms with Crippen molar-refractivity contribution < 1.29 is 9.84 Å². The van der Waals surface area contributed by atoms with Crippen LogP contribution in [0.3, 0.4) is 0 Å². The molecule has 0 unspecified atom stereocenters. The molecule has 17 heavy (non-hydrogen) atoms. The van der Waals surface area contributed by atoms with Crippen LogP contribution in [0.5, 0.6) is 0 Å². The first-order valence-electron chi connectivity index (χ1n) is 5.91. The Morgan fingerprint density at radius 3 is 2.82 bits per heavy atom. The maximum absolute atomic E-state index is 9.43. The Balaban J connectivity index is 2.25. The lowest BCUT2D eigenvalue weighted by Crippen LogP contribution is -2.30. The normalized spacial score (nSPS) is 15.0. The molecule has 2 rings (SSSR count). The average Bonchev–Trinajstić information content (AvgIpc) is 3.14. The van der Waals surface area contributed by atoms with E-state index >= 15 is 0 Å². The van der Waals surface area contributed by atoms with Crippen LogP contribution in [0.1, 0.15) is 18.4 Å². The molecule has 1 saturated carbocycles. The summed E-state index contributed by atoms with van der Waals surface area (Å²) in [5.41, 5.74) is 1.86. The number of hydrogen-bond donors (Lipinski definition) is 1. The second-order valence-corrected chi connectivity index (χ2v) is 4.72. The zero-order valence-corrected chi connectivity index (χ0v) is 10.8. The van der Waals surface area contributed by atoms with Gasteiger partial charge in [-0.2, -0.15) is 0 Å². The maximum atomic E-state index is 9.43. The van der Waals surface area contributed by atoms with Crippen molar-refractivity contribution >= 4 is 17.3 Å². The van der Waals surface area contributed by atoms with E-state index in [9.17, 15) is 5.11 Å². The van der Waals surface area contributed by atoms with E-state index in [4.69, 9.17) is 16.3 Å². The molecule has 1 aromatic carbocycles. The van der Waals surface area contributed by atoms with E-state index in [-0.39, 0.29) is 6.61 Å². The van der Waals surface area contributed by atoms with Gasteiger partial charge < -0.3 is 14.7 Å². The van der Waals surface area contributed by atoms with Crippen LogP contribution in [-0.2, 0) is 11.3 Å². The van der Waals surface area contributed by atoms with E-state index in [1.165, 1.54) is 12.8 Å². The van der Waals surface area contributed by atoms with Crippen LogP contribution < -0.4 is 4.90 Å². The zero-order valence-electron chi connectivity index (χ0n) is 10.0.